The molecule has 0 N–H and O–H groups in total. The fraction of sp³-hybridized carbons (Fsp3) is 0. The first kappa shape index (κ1) is 26.3. The second kappa shape index (κ2) is 9.86. The van der Waals surface area contributed by atoms with Crippen molar-refractivity contribution in [1.29, 1.82) is 0 Å². The molecule has 0 bridgehead atoms. The summed E-state index contributed by atoms with van der Waals surface area (Å²) in [4.78, 5) is 15.5. The van der Waals surface area contributed by atoms with Crippen molar-refractivity contribution >= 4 is 76.6 Å². The van der Waals surface area contributed by atoms with Gasteiger partial charge in [-0.2, -0.15) is 0 Å². The number of hydrogen-bond donors (Lipinski definition) is 0. The van der Waals surface area contributed by atoms with Crippen molar-refractivity contribution in [2.24, 2.45) is 0 Å². The van der Waals surface area contributed by atoms with Crippen LogP contribution in [0.4, 0.5) is 0 Å². The molecular formula is C43H23N3O3. The topological polar surface area (TPSA) is 78.1 Å². The van der Waals surface area contributed by atoms with Crippen molar-refractivity contribution in [3.8, 4) is 34.2 Å². The van der Waals surface area contributed by atoms with Crippen LogP contribution in [0, 0.1) is 0 Å². The number of benzene rings is 7. The number of hydrogen-bond acceptors (Lipinski definition) is 6. The van der Waals surface area contributed by atoms with E-state index in [0.717, 1.165) is 93.3 Å². The number of fused-ring (bicyclic) bond motifs is 11. The highest BCUT2D eigenvalue weighted by Gasteiger charge is 2.21. The van der Waals surface area contributed by atoms with Gasteiger partial charge in [-0.3, -0.25) is 0 Å². The Morgan fingerprint density at radius 3 is 1.69 bits per heavy atom. The van der Waals surface area contributed by atoms with Crippen molar-refractivity contribution in [3.05, 3.63) is 140 Å². The van der Waals surface area contributed by atoms with Crippen molar-refractivity contribution in [2.75, 3.05) is 0 Å². The van der Waals surface area contributed by atoms with Gasteiger partial charge in [0.05, 0.1) is 0 Å². The highest BCUT2D eigenvalue weighted by atomic mass is 16.3. The third-order valence-electron chi connectivity index (χ3n) is 9.54. The largest absolute Gasteiger partial charge is 0.456 e. The molecule has 0 aliphatic carbocycles. The molecule has 0 aliphatic heterocycles. The quantitative estimate of drug-likeness (QED) is 0.193. The molecule has 0 spiro atoms. The van der Waals surface area contributed by atoms with Gasteiger partial charge in [0.15, 0.2) is 17.5 Å². The fourth-order valence-electron chi connectivity index (χ4n) is 7.31. The molecule has 11 rings (SSSR count). The minimum absolute atomic E-state index is 0.544. The lowest BCUT2D eigenvalue weighted by Crippen LogP contribution is -2.00. The van der Waals surface area contributed by atoms with Crippen LogP contribution in [0.25, 0.3) is 111 Å². The minimum atomic E-state index is 0.544. The highest BCUT2D eigenvalue weighted by Crippen LogP contribution is 2.41. The van der Waals surface area contributed by atoms with Crippen LogP contribution >= 0.6 is 0 Å². The summed E-state index contributed by atoms with van der Waals surface area (Å²) in [5.41, 5.74) is 7.40. The summed E-state index contributed by atoms with van der Waals surface area (Å²) in [6, 6.07) is 46.9. The van der Waals surface area contributed by atoms with Crippen LogP contribution in [0.1, 0.15) is 0 Å². The van der Waals surface area contributed by atoms with Gasteiger partial charge < -0.3 is 13.3 Å². The zero-order valence-corrected chi connectivity index (χ0v) is 25.8. The van der Waals surface area contributed by atoms with Crippen LogP contribution in [0.15, 0.2) is 153 Å². The second-order valence-electron chi connectivity index (χ2n) is 12.3. The molecule has 49 heavy (non-hydrogen) atoms. The first-order valence-electron chi connectivity index (χ1n) is 16.2. The van der Waals surface area contributed by atoms with E-state index in [9.17, 15) is 0 Å². The molecule has 4 aromatic heterocycles. The minimum Gasteiger partial charge on any atom is -0.456 e. The number of para-hydroxylation sites is 2. The zero-order valence-electron chi connectivity index (χ0n) is 25.8. The lowest BCUT2D eigenvalue weighted by atomic mass is 10.0. The van der Waals surface area contributed by atoms with Crippen LogP contribution in [0.2, 0.25) is 0 Å². The highest BCUT2D eigenvalue weighted by molar-refractivity contribution is 6.19. The van der Waals surface area contributed by atoms with Gasteiger partial charge in [-0.1, -0.05) is 97.1 Å². The zero-order chi connectivity index (χ0) is 32.1. The Bertz CT molecular complexity index is 3130. The van der Waals surface area contributed by atoms with Gasteiger partial charge in [0.2, 0.25) is 0 Å². The van der Waals surface area contributed by atoms with Gasteiger partial charge in [0.1, 0.15) is 33.5 Å². The number of aromatic nitrogens is 3. The Morgan fingerprint density at radius 2 is 0.898 bits per heavy atom. The Balaban J connectivity index is 1.21. The van der Waals surface area contributed by atoms with Crippen LogP contribution < -0.4 is 0 Å². The Hall–Kier alpha value is -6.79. The average Bonchev–Trinajstić information content (AvgIpc) is 3.85. The molecule has 4 heterocycles. The molecule has 0 fully saturated rings. The monoisotopic (exact) mass is 629 g/mol. The van der Waals surface area contributed by atoms with Gasteiger partial charge in [-0.05, 0) is 47.9 Å². The number of rotatable bonds is 3. The lowest BCUT2D eigenvalue weighted by molar-refractivity contribution is 0.668. The van der Waals surface area contributed by atoms with Crippen molar-refractivity contribution in [2.45, 2.75) is 0 Å². The summed E-state index contributed by atoms with van der Waals surface area (Å²) in [6.07, 6.45) is 0. The summed E-state index contributed by atoms with van der Waals surface area (Å²) in [5, 5.41) is 8.27. The SMILES string of the molecule is c1ccc2c(c1)ccc1c2oc2cccc(-c3nc(-c4ccc5c(c4)oc4ccccc45)nc(-c4cccc5oc6ccccc6c45)n3)c21. The van der Waals surface area contributed by atoms with E-state index >= 15 is 0 Å². The third-order valence-corrected chi connectivity index (χ3v) is 9.54. The molecule has 11 aromatic rings. The predicted octanol–water partition coefficient (Wildman–Crippen LogP) is 11.7. The maximum absolute atomic E-state index is 6.53. The van der Waals surface area contributed by atoms with Gasteiger partial charge in [-0.25, -0.2) is 15.0 Å². The summed E-state index contributed by atoms with van der Waals surface area (Å²) < 4.78 is 19.1. The van der Waals surface area contributed by atoms with Crippen molar-refractivity contribution < 1.29 is 13.3 Å². The molecule has 7 aromatic carbocycles. The summed E-state index contributed by atoms with van der Waals surface area (Å²) in [6.45, 7) is 0. The molecule has 0 saturated heterocycles. The van der Waals surface area contributed by atoms with Crippen LogP contribution in [0.3, 0.4) is 0 Å². The van der Waals surface area contributed by atoms with E-state index in [4.69, 9.17) is 28.2 Å². The Morgan fingerprint density at radius 1 is 0.347 bits per heavy atom. The molecule has 0 unspecified atom stereocenters. The lowest BCUT2D eigenvalue weighted by Gasteiger charge is -2.10. The van der Waals surface area contributed by atoms with E-state index in [-0.39, 0.29) is 0 Å². The number of furan rings is 3. The third kappa shape index (κ3) is 3.85. The van der Waals surface area contributed by atoms with Gasteiger partial charge in [0, 0.05) is 54.4 Å². The molecule has 0 amide bonds. The average molecular weight is 630 g/mol. The molecule has 0 atom stereocenters. The summed E-state index contributed by atoms with van der Waals surface area (Å²) in [7, 11) is 0. The van der Waals surface area contributed by atoms with E-state index in [1.54, 1.807) is 0 Å². The standard InChI is InChI=1S/C43H23N3O3/c1-2-10-26-24(9-1)19-22-30-39-32(14-8-18-36(39)49-40(26)30)43-45-41(25-20-21-28-27-11-3-5-15-33(27)48-37(28)23-25)44-42(46-43)31-13-7-17-35-38(31)29-12-4-6-16-34(29)47-35/h1-23H. The van der Waals surface area contributed by atoms with E-state index < -0.39 is 0 Å². The predicted molar refractivity (Wildman–Crippen MR) is 195 cm³/mol. The molecule has 0 radical (unpaired) electrons. The Labute approximate surface area is 277 Å². The molecule has 0 saturated carbocycles. The summed E-state index contributed by atoms with van der Waals surface area (Å²) in [5.74, 6) is 1.65. The van der Waals surface area contributed by atoms with E-state index in [2.05, 4.69) is 60.7 Å². The maximum Gasteiger partial charge on any atom is 0.164 e. The molecular weight excluding hydrogens is 606 g/mol. The van der Waals surface area contributed by atoms with Crippen LogP contribution in [0.5, 0.6) is 0 Å². The smallest absolute Gasteiger partial charge is 0.164 e. The van der Waals surface area contributed by atoms with Gasteiger partial charge >= 0.3 is 0 Å². The number of nitrogens with zero attached hydrogens (tertiary/aromatic N) is 3. The second-order valence-corrected chi connectivity index (χ2v) is 12.3. The summed E-state index contributed by atoms with van der Waals surface area (Å²) >= 11 is 0. The van der Waals surface area contributed by atoms with Crippen molar-refractivity contribution in [3.63, 3.8) is 0 Å². The molecule has 6 nitrogen and oxygen atoms in total. The first-order chi connectivity index (χ1) is 24.3. The van der Waals surface area contributed by atoms with Gasteiger partial charge in [-0.15, -0.1) is 0 Å². The molecule has 228 valence electrons. The fourth-order valence-corrected chi connectivity index (χ4v) is 7.31. The van der Waals surface area contributed by atoms with E-state index in [1.807, 2.05) is 78.9 Å². The van der Waals surface area contributed by atoms with Crippen LogP contribution in [-0.2, 0) is 0 Å². The van der Waals surface area contributed by atoms with Crippen molar-refractivity contribution in [1.82, 2.24) is 15.0 Å². The van der Waals surface area contributed by atoms with Gasteiger partial charge in [0.25, 0.3) is 0 Å². The maximum atomic E-state index is 6.53. The van der Waals surface area contributed by atoms with Crippen LogP contribution in [-0.4, -0.2) is 15.0 Å². The Kier molecular flexibility index (Phi) is 5.29. The molecule has 6 heteroatoms. The first-order valence-corrected chi connectivity index (χ1v) is 16.2. The normalized spacial score (nSPS) is 12.1. The molecule has 0 aliphatic rings. The van der Waals surface area contributed by atoms with E-state index in [1.165, 1.54) is 0 Å². The van der Waals surface area contributed by atoms with E-state index in [0.29, 0.717) is 17.5 Å².